The first-order chi connectivity index (χ1) is 14.4. The molecule has 0 heterocycles. The molecule has 5 aliphatic carbocycles. The van der Waals surface area contributed by atoms with Crippen LogP contribution in [-0.4, -0.2) is 21.9 Å². The Morgan fingerprint density at radius 1 is 0.968 bits per heavy atom. The molecule has 5 rings (SSSR count). The van der Waals surface area contributed by atoms with Gasteiger partial charge in [0.15, 0.2) is 0 Å². The molecule has 4 fully saturated rings. The van der Waals surface area contributed by atoms with E-state index in [1.165, 1.54) is 31.3 Å². The first kappa shape index (κ1) is 22.2. The number of aliphatic hydroxyl groups excluding tert-OH is 1. The van der Waals surface area contributed by atoms with Crippen molar-refractivity contribution in [2.24, 2.45) is 45.8 Å². The van der Waals surface area contributed by atoms with Gasteiger partial charge in [0, 0.05) is 5.41 Å². The van der Waals surface area contributed by atoms with Gasteiger partial charge in [0.2, 0.25) is 0 Å². The van der Waals surface area contributed by atoms with Gasteiger partial charge in [-0.25, -0.2) is 0 Å². The third kappa shape index (κ3) is 3.03. The van der Waals surface area contributed by atoms with E-state index in [0.29, 0.717) is 29.1 Å². The normalized spacial score (nSPS) is 52.0. The van der Waals surface area contributed by atoms with Crippen molar-refractivity contribution in [3.8, 4) is 0 Å². The Morgan fingerprint density at radius 3 is 2.39 bits per heavy atom. The molecule has 4 saturated carbocycles. The van der Waals surface area contributed by atoms with E-state index in [2.05, 4.69) is 53.7 Å². The van der Waals surface area contributed by atoms with Crippen LogP contribution in [0.5, 0.6) is 0 Å². The average molecular weight is 427 g/mol. The van der Waals surface area contributed by atoms with E-state index < -0.39 is 5.60 Å². The Bertz CT molecular complexity index is 810. The van der Waals surface area contributed by atoms with E-state index in [1.807, 2.05) is 0 Å². The van der Waals surface area contributed by atoms with E-state index in [9.17, 15) is 10.2 Å². The minimum atomic E-state index is -0.440. The molecule has 0 bridgehead atoms. The maximum absolute atomic E-state index is 11.4. The van der Waals surface area contributed by atoms with Crippen LogP contribution in [0.3, 0.4) is 0 Å². The molecule has 5 aliphatic rings. The smallest absolute Gasteiger partial charge is 0.0713 e. The number of hydrogen-bond acceptors (Lipinski definition) is 2. The molecule has 2 N–H and O–H groups in total. The van der Waals surface area contributed by atoms with Crippen molar-refractivity contribution >= 4 is 0 Å². The Balaban J connectivity index is 1.37. The average Bonchev–Trinajstić information content (AvgIpc) is 3.07. The third-order valence-electron chi connectivity index (χ3n) is 11.8. The highest BCUT2D eigenvalue weighted by molar-refractivity contribution is 5.39. The predicted molar refractivity (Wildman–Crippen MR) is 127 cm³/mol. The molecular weight excluding hydrogens is 380 g/mol. The lowest BCUT2D eigenvalue weighted by Gasteiger charge is -2.55. The summed E-state index contributed by atoms with van der Waals surface area (Å²) in [6, 6.07) is 0. The highest BCUT2D eigenvalue weighted by atomic mass is 16.3. The first-order valence-electron chi connectivity index (χ1n) is 13.3. The molecule has 0 aromatic carbocycles. The molecular formula is C29H46O2. The van der Waals surface area contributed by atoms with Crippen molar-refractivity contribution in [3.63, 3.8) is 0 Å². The van der Waals surface area contributed by atoms with Crippen LogP contribution < -0.4 is 0 Å². The fourth-order valence-electron chi connectivity index (χ4n) is 9.24. The van der Waals surface area contributed by atoms with Gasteiger partial charge in [-0.05, 0) is 98.2 Å². The second-order valence-electron chi connectivity index (χ2n) is 13.5. The van der Waals surface area contributed by atoms with E-state index in [4.69, 9.17) is 0 Å². The number of hydrogen-bond donors (Lipinski definition) is 2. The molecule has 0 aromatic heterocycles. The molecule has 31 heavy (non-hydrogen) atoms. The Kier molecular flexibility index (Phi) is 4.98. The van der Waals surface area contributed by atoms with E-state index in [1.54, 1.807) is 5.57 Å². The van der Waals surface area contributed by atoms with Crippen molar-refractivity contribution < 1.29 is 10.2 Å². The van der Waals surface area contributed by atoms with Crippen LogP contribution in [0.1, 0.15) is 99.3 Å². The molecule has 2 heteroatoms. The summed E-state index contributed by atoms with van der Waals surface area (Å²) >= 11 is 0. The zero-order valence-corrected chi connectivity index (χ0v) is 20.9. The zero-order chi connectivity index (χ0) is 22.4. The van der Waals surface area contributed by atoms with Gasteiger partial charge in [0.05, 0.1) is 11.7 Å². The highest BCUT2D eigenvalue weighted by Crippen LogP contribution is 2.68. The summed E-state index contributed by atoms with van der Waals surface area (Å²) in [5.74, 6) is 3.27. The van der Waals surface area contributed by atoms with Gasteiger partial charge in [0.1, 0.15) is 0 Å². The second-order valence-corrected chi connectivity index (χ2v) is 13.5. The van der Waals surface area contributed by atoms with Crippen LogP contribution in [0.15, 0.2) is 23.3 Å². The lowest BCUT2D eigenvalue weighted by molar-refractivity contribution is 0.00938. The van der Waals surface area contributed by atoms with E-state index in [-0.39, 0.29) is 16.9 Å². The van der Waals surface area contributed by atoms with Crippen LogP contribution in [0.4, 0.5) is 0 Å². The summed E-state index contributed by atoms with van der Waals surface area (Å²) in [7, 11) is 0. The molecule has 0 saturated heterocycles. The van der Waals surface area contributed by atoms with Crippen LogP contribution in [0.2, 0.25) is 0 Å². The van der Waals surface area contributed by atoms with Crippen LogP contribution in [0.25, 0.3) is 0 Å². The minimum absolute atomic E-state index is 0.116. The zero-order valence-electron chi connectivity index (χ0n) is 20.9. The number of aliphatic hydroxyl groups is 2. The summed E-state index contributed by atoms with van der Waals surface area (Å²) in [6.07, 6.45) is 15.0. The van der Waals surface area contributed by atoms with Gasteiger partial charge in [-0.15, -0.1) is 0 Å². The van der Waals surface area contributed by atoms with Gasteiger partial charge in [-0.1, -0.05) is 64.8 Å². The van der Waals surface area contributed by atoms with Gasteiger partial charge >= 0.3 is 0 Å². The number of allylic oxidation sites excluding steroid dienone is 3. The number of fused-ring (bicyclic) bond motifs is 5. The van der Waals surface area contributed by atoms with Crippen molar-refractivity contribution in [2.45, 2.75) is 111 Å². The molecule has 0 aromatic rings. The summed E-state index contributed by atoms with van der Waals surface area (Å²) in [6.45, 7) is 14.4. The molecule has 174 valence electrons. The van der Waals surface area contributed by atoms with Crippen molar-refractivity contribution in [3.05, 3.63) is 23.3 Å². The molecule has 0 radical (unpaired) electrons. The quantitative estimate of drug-likeness (QED) is 0.527. The molecule has 2 nitrogen and oxygen atoms in total. The largest absolute Gasteiger partial charge is 0.393 e. The molecule has 0 amide bonds. The van der Waals surface area contributed by atoms with E-state index in [0.717, 1.165) is 38.0 Å². The standard InChI is InChI=1S/C29H46O2/c1-18(2)28(6)17-29(28,31)16-19(3)23-9-10-24-22-8-7-20-15-21(30)11-13-26(20,4)25(22)12-14-27(23,24)5/h7-8,18-19,21,23-25,30-31H,9-17H2,1-6H3/t19-,21+,23?,24?,25?,26+,27-,28-,29+/m1/s1. The summed E-state index contributed by atoms with van der Waals surface area (Å²) in [5.41, 5.74) is 3.59. The Labute approximate surface area is 190 Å². The maximum Gasteiger partial charge on any atom is 0.0713 e. The lowest BCUT2D eigenvalue weighted by atomic mass is 9.50. The monoisotopic (exact) mass is 426 g/mol. The Hall–Kier alpha value is -0.600. The highest BCUT2D eigenvalue weighted by Gasteiger charge is 2.66. The summed E-state index contributed by atoms with van der Waals surface area (Å²) < 4.78 is 0. The maximum atomic E-state index is 11.4. The minimum Gasteiger partial charge on any atom is -0.393 e. The van der Waals surface area contributed by atoms with Crippen molar-refractivity contribution in [2.75, 3.05) is 0 Å². The molecule has 0 spiro atoms. The van der Waals surface area contributed by atoms with Crippen LogP contribution >= 0.6 is 0 Å². The van der Waals surface area contributed by atoms with Gasteiger partial charge < -0.3 is 10.2 Å². The fourth-order valence-corrected chi connectivity index (χ4v) is 9.24. The fraction of sp³-hybridized carbons (Fsp3) is 0.862. The topological polar surface area (TPSA) is 40.5 Å². The predicted octanol–water partition coefficient (Wildman–Crippen LogP) is 6.67. The van der Waals surface area contributed by atoms with Gasteiger partial charge in [-0.2, -0.15) is 0 Å². The van der Waals surface area contributed by atoms with Crippen LogP contribution in [0, 0.1) is 45.8 Å². The SMILES string of the molecule is CC(C)[C@@]1(C)C[C@@]1(O)C[C@@H](C)C1CCC2C3=CC=C4C[C@@H](O)CC[C@]4(C)C3CC[C@@]21C. The molecule has 3 unspecified atom stereocenters. The molecule has 0 aliphatic heterocycles. The summed E-state index contributed by atoms with van der Waals surface area (Å²) in [4.78, 5) is 0. The van der Waals surface area contributed by atoms with Crippen molar-refractivity contribution in [1.82, 2.24) is 0 Å². The third-order valence-corrected chi connectivity index (χ3v) is 11.8. The van der Waals surface area contributed by atoms with Crippen LogP contribution in [-0.2, 0) is 0 Å². The first-order valence-corrected chi connectivity index (χ1v) is 13.3. The Morgan fingerprint density at radius 2 is 1.71 bits per heavy atom. The lowest BCUT2D eigenvalue weighted by Crippen LogP contribution is -2.46. The second kappa shape index (κ2) is 6.95. The van der Waals surface area contributed by atoms with Crippen molar-refractivity contribution in [1.29, 1.82) is 0 Å². The number of rotatable bonds is 4. The van der Waals surface area contributed by atoms with E-state index >= 15 is 0 Å². The molecule has 9 atom stereocenters. The van der Waals surface area contributed by atoms with Gasteiger partial charge in [-0.3, -0.25) is 0 Å². The van der Waals surface area contributed by atoms with Gasteiger partial charge in [0.25, 0.3) is 0 Å². The summed E-state index contributed by atoms with van der Waals surface area (Å²) in [5, 5.41) is 21.6.